The van der Waals surface area contributed by atoms with Gasteiger partial charge >= 0.3 is 0 Å². The van der Waals surface area contributed by atoms with Crippen molar-refractivity contribution >= 4 is 50.7 Å². The van der Waals surface area contributed by atoms with E-state index in [1.165, 1.54) is 0 Å². The number of hydrogen-bond donors (Lipinski definition) is 2. The van der Waals surface area contributed by atoms with Crippen LogP contribution < -0.4 is 5.73 Å². The largest absolute Gasteiger partial charge is 0.399 e. The normalized spacial score (nSPS) is 12.7. The lowest BCUT2D eigenvalue weighted by molar-refractivity contribution is 0.677. The van der Waals surface area contributed by atoms with Gasteiger partial charge in [0.2, 0.25) is 0 Å². The van der Waals surface area contributed by atoms with Gasteiger partial charge in [0.15, 0.2) is 5.16 Å². The van der Waals surface area contributed by atoms with E-state index in [2.05, 4.69) is 9.97 Å². The molecule has 0 amide bonds. The Bertz CT molecular complexity index is 847. The van der Waals surface area contributed by atoms with E-state index in [9.17, 15) is 4.21 Å². The van der Waals surface area contributed by atoms with Gasteiger partial charge in [-0.15, -0.1) is 0 Å². The van der Waals surface area contributed by atoms with E-state index in [0.29, 0.717) is 20.9 Å². The Hall–Kier alpha value is -1.56. The molecule has 0 aliphatic rings. The van der Waals surface area contributed by atoms with Crippen LogP contribution in [-0.4, -0.2) is 14.2 Å². The van der Waals surface area contributed by atoms with E-state index in [1.807, 2.05) is 0 Å². The molecule has 3 rings (SSSR count). The number of aromatic amines is 1. The van der Waals surface area contributed by atoms with Crippen molar-refractivity contribution in [3.63, 3.8) is 0 Å². The second-order valence-electron chi connectivity index (χ2n) is 4.54. The van der Waals surface area contributed by atoms with Crippen molar-refractivity contribution in [1.82, 2.24) is 9.97 Å². The number of fused-ring (bicyclic) bond motifs is 1. The van der Waals surface area contributed by atoms with Gasteiger partial charge in [0.05, 0.1) is 27.6 Å². The van der Waals surface area contributed by atoms with E-state index < -0.39 is 10.8 Å². The van der Waals surface area contributed by atoms with Crippen molar-refractivity contribution in [2.75, 3.05) is 5.73 Å². The van der Waals surface area contributed by atoms with E-state index in [0.717, 1.165) is 16.6 Å². The van der Waals surface area contributed by atoms with Crippen LogP contribution in [0.5, 0.6) is 0 Å². The standard InChI is InChI=1S/C14H11Cl2N3OS/c15-9-1-3-11(16)8(5-9)7-21(20)14-18-12-4-2-10(17)6-13(12)19-14/h1-6H,7,17H2,(H,18,19). The van der Waals surface area contributed by atoms with Crippen molar-refractivity contribution < 1.29 is 4.21 Å². The number of anilines is 1. The molecule has 108 valence electrons. The predicted octanol–water partition coefficient (Wildman–Crippen LogP) is 3.76. The maximum atomic E-state index is 12.4. The van der Waals surface area contributed by atoms with Crippen LogP contribution in [0.4, 0.5) is 5.69 Å². The van der Waals surface area contributed by atoms with Crippen molar-refractivity contribution in [1.29, 1.82) is 0 Å². The summed E-state index contributed by atoms with van der Waals surface area (Å²) in [5, 5.41) is 1.49. The third kappa shape index (κ3) is 3.05. The first-order valence-corrected chi connectivity index (χ1v) is 8.18. The molecule has 3 N–H and O–H groups in total. The molecule has 0 fully saturated rings. The number of nitrogens with two attached hydrogens (primary N) is 1. The van der Waals surface area contributed by atoms with Gasteiger partial charge in [-0.2, -0.15) is 0 Å². The Morgan fingerprint density at radius 1 is 1.19 bits per heavy atom. The molecule has 1 aromatic heterocycles. The van der Waals surface area contributed by atoms with Gasteiger partial charge < -0.3 is 10.7 Å². The lowest BCUT2D eigenvalue weighted by Crippen LogP contribution is -1.99. The molecule has 4 nitrogen and oxygen atoms in total. The van der Waals surface area contributed by atoms with Gasteiger partial charge in [0.25, 0.3) is 0 Å². The number of nitrogen functional groups attached to an aromatic ring is 1. The number of rotatable bonds is 3. The summed E-state index contributed by atoms with van der Waals surface area (Å²) >= 11 is 12.0. The highest BCUT2D eigenvalue weighted by molar-refractivity contribution is 7.84. The Labute approximate surface area is 133 Å². The Morgan fingerprint density at radius 3 is 2.81 bits per heavy atom. The van der Waals surface area contributed by atoms with Crippen LogP contribution in [0.15, 0.2) is 41.6 Å². The minimum absolute atomic E-state index is 0.245. The first-order chi connectivity index (χ1) is 10.0. The maximum absolute atomic E-state index is 12.4. The van der Waals surface area contributed by atoms with Crippen LogP contribution in [0.3, 0.4) is 0 Å². The third-order valence-corrected chi connectivity index (χ3v) is 4.80. The summed E-state index contributed by atoms with van der Waals surface area (Å²) < 4.78 is 12.4. The lowest BCUT2D eigenvalue weighted by atomic mass is 10.2. The van der Waals surface area contributed by atoms with E-state index in [1.54, 1.807) is 36.4 Å². The molecule has 0 radical (unpaired) electrons. The molecule has 21 heavy (non-hydrogen) atoms. The lowest BCUT2D eigenvalue weighted by Gasteiger charge is -2.03. The monoisotopic (exact) mass is 339 g/mol. The molecule has 7 heteroatoms. The maximum Gasteiger partial charge on any atom is 0.197 e. The van der Waals surface area contributed by atoms with Gasteiger partial charge in [-0.1, -0.05) is 23.2 Å². The quantitative estimate of drug-likeness (QED) is 0.713. The molecule has 0 aliphatic carbocycles. The average molecular weight is 340 g/mol. The summed E-state index contributed by atoms with van der Waals surface area (Å²) in [7, 11) is -1.34. The fourth-order valence-electron chi connectivity index (χ4n) is 1.98. The molecule has 1 heterocycles. The van der Waals surface area contributed by atoms with Crippen molar-refractivity contribution in [2.24, 2.45) is 0 Å². The number of aromatic nitrogens is 2. The first-order valence-electron chi connectivity index (χ1n) is 6.10. The van der Waals surface area contributed by atoms with Crippen LogP contribution in [0.2, 0.25) is 10.0 Å². The summed E-state index contributed by atoms with van der Waals surface area (Å²) in [5.41, 5.74) is 8.55. The average Bonchev–Trinajstić information content (AvgIpc) is 2.86. The van der Waals surface area contributed by atoms with E-state index in [-0.39, 0.29) is 5.75 Å². The van der Waals surface area contributed by atoms with Gasteiger partial charge in [-0.3, -0.25) is 4.21 Å². The highest BCUT2D eigenvalue weighted by Crippen LogP contribution is 2.24. The summed E-state index contributed by atoms with van der Waals surface area (Å²) in [4.78, 5) is 7.34. The zero-order valence-electron chi connectivity index (χ0n) is 10.8. The second kappa shape index (κ2) is 5.67. The molecular formula is C14H11Cl2N3OS. The minimum Gasteiger partial charge on any atom is -0.399 e. The molecule has 1 atom stereocenters. The Balaban J connectivity index is 1.91. The zero-order valence-corrected chi connectivity index (χ0v) is 13.1. The molecular weight excluding hydrogens is 329 g/mol. The Morgan fingerprint density at radius 2 is 2.00 bits per heavy atom. The van der Waals surface area contributed by atoms with Gasteiger partial charge in [0.1, 0.15) is 0 Å². The van der Waals surface area contributed by atoms with Crippen LogP contribution in [-0.2, 0) is 16.6 Å². The van der Waals surface area contributed by atoms with Crippen LogP contribution in [0.1, 0.15) is 5.56 Å². The molecule has 0 saturated carbocycles. The van der Waals surface area contributed by atoms with Gasteiger partial charge in [-0.25, -0.2) is 4.98 Å². The van der Waals surface area contributed by atoms with E-state index >= 15 is 0 Å². The zero-order chi connectivity index (χ0) is 15.0. The van der Waals surface area contributed by atoms with Crippen LogP contribution in [0, 0.1) is 0 Å². The molecule has 1 unspecified atom stereocenters. The van der Waals surface area contributed by atoms with Crippen molar-refractivity contribution in [2.45, 2.75) is 10.9 Å². The molecule has 0 saturated heterocycles. The Kier molecular flexibility index (Phi) is 3.89. The number of imidazole rings is 1. The number of benzene rings is 2. The molecule has 2 aromatic carbocycles. The van der Waals surface area contributed by atoms with Crippen LogP contribution in [0.25, 0.3) is 11.0 Å². The van der Waals surface area contributed by atoms with E-state index in [4.69, 9.17) is 28.9 Å². The highest BCUT2D eigenvalue weighted by atomic mass is 35.5. The van der Waals surface area contributed by atoms with Gasteiger partial charge in [-0.05, 0) is 42.0 Å². The smallest absolute Gasteiger partial charge is 0.197 e. The van der Waals surface area contributed by atoms with Crippen LogP contribution >= 0.6 is 23.2 Å². The summed E-state index contributed by atoms with van der Waals surface area (Å²) in [6, 6.07) is 10.4. The molecule has 3 aromatic rings. The number of H-pyrrole nitrogens is 1. The molecule has 0 spiro atoms. The summed E-state index contributed by atoms with van der Waals surface area (Å²) in [5.74, 6) is 0.245. The number of nitrogens with zero attached hydrogens (tertiary/aromatic N) is 1. The highest BCUT2D eigenvalue weighted by Gasteiger charge is 2.13. The fourth-order valence-corrected chi connectivity index (χ4v) is 3.52. The minimum atomic E-state index is -1.34. The molecule has 0 bridgehead atoms. The SMILES string of the molecule is Nc1ccc2nc(S(=O)Cc3cc(Cl)ccc3Cl)[nH]c2c1. The number of nitrogens with one attached hydrogen (secondary N) is 1. The topological polar surface area (TPSA) is 71.8 Å². The molecule has 0 aliphatic heterocycles. The first kappa shape index (κ1) is 14.4. The summed E-state index contributed by atoms with van der Waals surface area (Å²) in [6.07, 6.45) is 0. The number of hydrogen-bond acceptors (Lipinski definition) is 3. The number of halogens is 2. The second-order valence-corrected chi connectivity index (χ2v) is 6.75. The summed E-state index contributed by atoms with van der Waals surface area (Å²) in [6.45, 7) is 0. The predicted molar refractivity (Wildman–Crippen MR) is 87.1 cm³/mol. The van der Waals surface area contributed by atoms with Crippen molar-refractivity contribution in [3.05, 3.63) is 52.0 Å². The fraction of sp³-hybridized carbons (Fsp3) is 0.0714. The van der Waals surface area contributed by atoms with Crippen molar-refractivity contribution in [3.8, 4) is 0 Å². The van der Waals surface area contributed by atoms with Gasteiger partial charge in [0, 0.05) is 15.7 Å². The third-order valence-electron chi connectivity index (χ3n) is 2.99.